The lowest BCUT2D eigenvalue weighted by molar-refractivity contribution is 0.0785. The second-order valence-corrected chi connectivity index (χ2v) is 5.94. The van der Waals surface area contributed by atoms with Gasteiger partial charge in [-0.25, -0.2) is 0 Å². The average molecular weight is 299 g/mol. The van der Waals surface area contributed by atoms with Gasteiger partial charge in [0.1, 0.15) is 0 Å². The van der Waals surface area contributed by atoms with Gasteiger partial charge in [0.25, 0.3) is 5.91 Å². The third kappa shape index (κ3) is 4.11. The summed E-state index contributed by atoms with van der Waals surface area (Å²) in [5.41, 5.74) is 3.14. The zero-order valence-electron chi connectivity index (χ0n) is 12.8. The van der Waals surface area contributed by atoms with Gasteiger partial charge >= 0.3 is 0 Å². The smallest absolute Gasteiger partial charge is 0.253 e. The second kappa shape index (κ2) is 7.32. The quantitative estimate of drug-likeness (QED) is 0.770. The molecule has 0 N–H and O–H groups in total. The van der Waals surface area contributed by atoms with Gasteiger partial charge in [0.2, 0.25) is 0 Å². The molecule has 0 radical (unpaired) electrons. The zero-order chi connectivity index (χ0) is 15.2. The highest BCUT2D eigenvalue weighted by molar-refractivity contribution is 7.98. The summed E-state index contributed by atoms with van der Waals surface area (Å²) in [6.45, 7) is 2.74. The van der Waals surface area contributed by atoms with Crippen LogP contribution in [0.1, 0.15) is 28.4 Å². The van der Waals surface area contributed by atoms with Gasteiger partial charge in [-0.2, -0.15) is 0 Å². The van der Waals surface area contributed by atoms with E-state index in [0.717, 1.165) is 17.5 Å². The molecule has 0 saturated heterocycles. The van der Waals surface area contributed by atoms with Crippen LogP contribution < -0.4 is 0 Å². The summed E-state index contributed by atoms with van der Waals surface area (Å²) in [6, 6.07) is 16.2. The number of benzene rings is 2. The number of carbonyl (C=O) groups excluding carboxylic acids is 1. The van der Waals surface area contributed by atoms with Crippen LogP contribution in [0.2, 0.25) is 0 Å². The molecule has 3 heteroatoms. The summed E-state index contributed by atoms with van der Waals surface area (Å²) in [4.78, 5) is 15.4. The molecule has 0 atom stereocenters. The molecule has 110 valence electrons. The molecule has 0 aliphatic carbocycles. The van der Waals surface area contributed by atoms with E-state index in [1.54, 1.807) is 16.7 Å². The molecule has 0 aromatic heterocycles. The van der Waals surface area contributed by atoms with E-state index in [1.807, 2.05) is 31.3 Å². The van der Waals surface area contributed by atoms with Gasteiger partial charge in [-0.15, -0.1) is 11.8 Å². The molecule has 21 heavy (non-hydrogen) atoms. The molecule has 0 fully saturated rings. The number of rotatable bonds is 5. The first-order valence-electron chi connectivity index (χ1n) is 7.11. The summed E-state index contributed by atoms with van der Waals surface area (Å²) in [5.74, 6) is 0.0617. The molecule has 0 bridgehead atoms. The molecule has 0 heterocycles. The van der Waals surface area contributed by atoms with Crippen LogP contribution in [0.3, 0.4) is 0 Å². The van der Waals surface area contributed by atoms with Gasteiger partial charge in [-0.1, -0.05) is 31.2 Å². The van der Waals surface area contributed by atoms with Crippen LogP contribution >= 0.6 is 11.8 Å². The molecule has 0 spiro atoms. The minimum Gasteiger partial charge on any atom is -0.337 e. The Morgan fingerprint density at radius 1 is 1.00 bits per heavy atom. The molecular weight excluding hydrogens is 278 g/mol. The standard InChI is InChI=1S/C18H21NOS/c1-4-14-5-9-16(10-6-14)18(20)19(2)13-15-7-11-17(21-3)12-8-15/h5-12H,4,13H2,1-3H3. The number of amides is 1. The van der Waals surface area contributed by atoms with Gasteiger partial charge in [-0.3, -0.25) is 4.79 Å². The van der Waals surface area contributed by atoms with E-state index in [4.69, 9.17) is 0 Å². The van der Waals surface area contributed by atoms with E-state index in [-0.39, 0.29) is 5.91 Å². The van der Waals surface area contributed by atoms with Crippen molar-refractivity contribution in [1.82, 2.24) is 4.90 Å². The average Bonchev–Trinajstić information content (AvgIpc) is 2.55. The van der Waals surface area contributed by atoms with Gasteiger partial charge in [0.15, 0.2) is 0 Å². The minimum absolute atomic E-state index is 0.0617. The SMILES string of the molecule is CCc1ccc(C(=O)N(C)Cc2ccc(SC)cc2)cc1. The van der Waals surface area contributed by atoms with Crippen LogP contribution in [0.25, 0.3) is 0 Å². The Morgan fingerprint density at radius 2 is 1.57 bits per heavy atom. The highest BCUT2D eigenvalue weighted by Gasteiger charge is 2.11. The fourth-order valence-electron chi connectivity index (χ4n) is 2.18. The van der Waals surface area contributed by atoms with E-state index >= 15 is 0 Å². The third-order valence-corrected chi connectivity index (χ3v) is 4.28. The van der Waals surface area contributed by atoms with Gasteiger partial charge in [-0.05, 0) is 48.1 Å². The van der Waals surface area contributed by atoms with Crippen molar-refractivity contribution < 1.29 is 4.79 Å². The highest BCUT2D eigenvalue weighted by Crippen LogP contribution is 2.16. The van der Waals surface area contributed by atoms with Gasteiger partial charge in [0.05, 0.1) is 0 Å². The maximum atomic E-state index is 12.4. The van der Waals surface area contributed by atoms with Crippen molar-refractivity contribution >= 4 is 17.7 Å². The predicted octanol–water partition coefficient (Wildman–Crippen LogP) is 4.24. The summed E-state index contributed by atoms with van der Waals surface area (Å²) in [7, 11) is 1.85. The number of nitrogens with zero attached hydrogens (tertiary/aromatic N) is 1. The maximum absolute atomic E-state index is 12.4. The molecule has 0 unspecified atom stereocenters. The lowest BCUT2D eigenvalue weighted by Gasteiger charge is -2.17. The van der Waals surface area contributed by atoms with E-state index in [2.05, 4.69) is 37.4 Å². The van der Waals surface area contributed by atoms with Crippen LogP contribution in [0.15, 0.2) is 53.4 Å². The second-order valence-electron chi connectivity index (χ2n) is 5.06. The highest BCUT2D eigenvalue weighted by atomic mass is 32.2. The number of carbonyl (C=O) groups is 1. The monoisotopic (exact) mass is 299 g/mol. The molecule has 2 aromatic carbocycles. The fourth-order valence-corrected chi connectivity index (χ4v) is 2.59. The van der Waals surface area contributed by atoms with Crippen LogP contribution in [-0.4, -0.2) is 24.1 Å². The van der Waals surface area contributed by atoms with E-state index in [0.29, 0.717) is 6.54 Å². The van der Waals surface area contributed by atoms with Crippen LogP contribution in [0.5, 0.6) is 0 Å². The summed E-state index contributed by atoms with van der Waals surface area (Å²) >= 11 is 1.72. The van der Waals surface area contributed by atoms with Crippen molar-refractivity contribution in [1.29, 1.82) is 0 Å². The Morgan fingerprint density at radius 3 is 2.10 bits per heavy atom. The molecule has 2 aromatic rings. The Kier molecular flexibility index (Phi) is 5.45. The largest absolute Gasteiger partial charge is 0.337 e. The lowest BCUT2D eigenvalue weighted by Crippen LogP contribution is -2.26. The maximum Gasteiger partial charge on any atom is 0.253 e. The molecule has 0 saturated carbocycles. The van der Waals surface area contributed by atoms with Crippen molar-refractivity contribution in [3.05, 3.63) is 65.2 Å². The summed E-state index contributed by atoms with van der Waals surface area (Å²) < 4.78 is 0. The fraction of sp³-hybridized carbons (Fsp3) is 0.278. The topological polar surface area (TPSA) is 20.3 Å². The van der Waals surface area contributed by atoms with E-state index in [9.17, 15) is 4.79 Å². The van der Waals surface area contributed by atoms with Crippen LogP contribution in [0.4, 0.5) is 0 Å². The Hall–Kier alpha value is -1.74. The Balaban J connectivity index is 2.03. The summed E-state index contributed by atoms with van der Waals surface area (Å²) in [5, 5.41) is 0. The van der Waals surface area contributed by atoms with Crippen molar-refractivity contribution in [2.75, 3.05) is 13.3 Å². The molecule has 2 rings (SSSR count). The number of thioether (sulfide) groups is 1. The Labute approximate surface area is 131 Å². The summed E-state index contributed by atoms with van der Waals surface area (Å²) in [6.07, 6.45) is 3.05. The van der Waals surface area contributed by atoms with Gasteiger partial charge < -0.3 is 4.90 Å². The Bertz CT molecular complexity index is 590. The first-order valence-corrected chi connectivity index (χ1v) is 8.34. The third-order valence-electron chi connectivity index (χ3n) is 3.53. The van der Waals surface area contributed by atoms with Crippen molar-refractivity contribution in [2.45, 2.75) is 24.8 Å². The minimum atomic E-state index is 0.0617. The first-order chi connectivity index (χ1) is 10.1. The zero-order valence-corrected chi connectivity index (χ0v) is 13.6. The van der Waals surface area contributed by atoms with Gasteiger partial charge in [0, 0.05) is 24.1 Å². The van der Waals surface area contributed by atoms with Crippen molar-refractivity contribution in [3.63, 3.8) is 0 Å². The molecule has 1 amide bonds. The van der Waals surface area contributed by atoms with Crippen molar-refractivity contribution in [3.8, 4) is 0 Å². The first kappa shape index (κ1) is 15.6. The number of aryl methyl sites for hydroxylation is 1. The molecule has 0 aliphatic heterocycles. The van der Waals surface area contributed by atoms with Crippen molar-refractivity contribution in [2.24, 2.45) is 0 Å². The van der Waals surface area contributed by atoms with E-state index < -0.39 is 0 Å². The normalized spacial score (nSPS) is 10.4. The predicted molar refractivity (Wildman–Crippen MR) is 89.8 cm³/mol. The lowest BCUT2D eigenvalue weighted by atomic mass is 10.1. The molecule has 2 nitrogen and oxygen atoms in total. The van der Waals surface area contributed by atoms with Crippen LogP contribution in [0, 0.1) is 0 Å². The number of hydrogen-bond acceptors (Lipinski definition) is 2. The van der Waals surface area contributed by atoms with E-state index in [1.165, 1.54) is 10.5 Å². The van der Waals surface area contributed by atoms with Crippen LogP contribution in [-0.2, 0) is 13.0 Å². The molecule has 0 aliphatic rings. The molecular formula is C18H21NOS. The number of hydrogen-bond donors (Lipinski definition) is 0.